The molecule has 0 aliphatic heterocycles. The molecular formula is C7H14N2O3. The van der Waals surface area contributed by atoms with E-state index in [0.29, 0.717) is 6.41 Å². The zero-order valence-electron chi connectivity index (χ0n) is 7.75. The first kappa shape index (κ1) is 10.7. The Morgan fingerprint density at radius 3 is 2.33 bits per heavy atom. The van der Waals surface area contributed by atoms with Crippen LogP contribution in [0, 0.1) is 0 Å². The number of hydrogen-bond donors (Lipinski definition) is 1. The number of nitrogens with one attached hydrogen (secondary N) is 1. The Labute approximate surface area is 71.6 Å². The molecule has 0 aliphatic rings. The van der Waals surface area contributed by atoms with Gasteiger partial charge in [-0.05, 0) is 20.8 Å². The minimum absolute atomic E-state index is 0.476. The maximum Gasteiger partial charge on any atom is 0.426 e. The lowest BCUT2D eigenvalue weighted by molar-refractivity contribution is -0.119. The van der Waals surface area contributed by atoms with Crippen LogP contribution in [0.1, 0.15) is 20.8 Å². The third-order valence-electron chi connectivity index (χ3n) is 0.825. The Kier molecular flexibility index (Phi) is 3.53. The molecule has 0 unspecified atom stereocenters. The van der Waals surface area contributed by atoms with Gasteiger partial charge in [0.15, 0.2) is 0 Å². The van der Waals surface area contributed by atoms with Gasteiger partial charge < -0.3 is 4.74 Å². The van der Waals surface area contributed by atoms with Crippen LogP contribution in [0.4, 0.5) is 4.79 Å². The van der Waals surface area contributed by atoms with Crippen molar-refractivity contribution in [2.24, 2.45) is 0 Å². The largest absolute Gasteiger partial charge is 0.443 e. The molecule has 0 saturated carbocycles. The highest BCUT2D eigenvalue weighted by atomic mass is 16.6. The van der Waals surface area contributed by atoms with Gasteiger partial charge in [0.25, 0.3) is 0 Å². The number of carbonyl (C=O) groups excluding carboxylic acids is 2. The average molecular weight is 174 g/mol. The molecule has 5 heteroatoms. The summed E-state index contributed by atoms with van der Waals surface area (Å²) in [5.41, 5.74) is 1.64. The maximum absolute atomic E-state index is 10.9. The summed E-state index contributed by atoms with van der Waals surface area (Å²) < 4.78 is 4.86. The molecule has 0 aromatic heterocycles. The molecule has 0 radical (unpaired) electrons. The van der Waals surface area contributed by atoms with Crippen molar-refractivity contribution in [1.82, 2.24) is 10.4 Å². The molecular weight excluding hydrogens is 160 g/mol. The third-order valence-corrected chi connectivity index (χ3v) is 0.825. The molecule has 70 valence electrons. The highest BCUT2D eigenvalue weighted by Crippen LogP contribution is 2.06. The predicted octanol–water partition coefficient (Wildman–Crippen LogP) is 0.514. The summed E-state index contributed by atoms with van der Waals surface area (Å²) in [6.45, 7) is 5.23. The van der Waals surface area contributed by atoms with Crippen LogP contribution in [-0.4, -0.2) is 30.2 Å². The average Bonchev–Trinajstić information content (AvgIpc) is 1.82. The fourth-order valence-corrected chi connectivity index (χ4v) is 0.471. The predicted molar refractivity (Wildman–Crippen MR) is 43.2 cm³/mol. The van der Waals surface area contributed by atoms with E-state index in [9.17, 15) is 9.59 Å². The molecule has 0 heterocycles. The number of amides is 2. The van der Waals surface area contributed by atoms with Crippen molar-refractivity contribution < 1.29 is 14.3 Å². The number of rotatable bonds is 2. The van der Waals surface area contributed by atoms with Crippen LogP contribution >= 0.6 is 0 Å². The van der Waals surface area contributed by atoms with Gasteiger partial charge in [0.2, 0.25) is 6.41 Å². The normalized spacial score (nSPS) is 10.3. The van der Waals surface area contributed by atoms with E-state index < -0.39 is 11.7 Å². The highest BCUT2D eigenvalue weighted by molar-refractivity contribution is 5.69. The van der Waals surface area contributed by atoms with E-state index >= 15 is 0 Å². The van der Waals surface area contributed by atoms with E-state index in [-0.39, 0.29) is 0 Å². The van der Waals surface area contributed by atoms with Crippen LogP contribution in [-0.2, 0) is 9.53 Å². The minimum atomic E-state index is -0.642. The van der Waals surface area contributed by atoms with Gasteiger partial charge in [-0.1, -0.05) is 0 Å². The minimum Gasteiger partial charge on any atom is -0.443 e. The monoisotopic (exact) mass is 174 g/mol. The standard InChI is InChI=1S/C7H14N2O3/c1-7(2,3)12-6(11)8-9(4)5-10/h5H,1-4H3,(H,8,11). The Morgan fingerprint density at radius 1 is 1.50 bits per heavy atom. The quantitative estimate of drug-likeness (QED) is 0.490. The second-order valence-electron chi connectivity index (χ2n) is 3.33. The van der Waals surface area contributed by atoms with E-state index in [4.69, 9.17) is 4.74 Å². The van der Waals surface area contributed by atoms with Crippen LogP contribution in [0.5, 0.6) is 0 Å². The van der Waals surface area contributed by atoms with Gasteiger partial charge in [-0.3, -0.25) is 9.80 Å². The van der Waals surface area contributed by atoms with Crippen molar-refractivity contribution in [3.05, 3.63) is 0 Å². The Morgan fingerprint density at radius 2 is 2.00 bits per heavy atom. The van der Waals surface area contributed by atoms with Gasteiger partial charge in [0, 0.05) is 7.05 Å². The van der Waals surface area contributed by atoms with E-state index in [1.165, 1.54) is 7.05 Å². The number of hydrogen-bond acceptors (Lipinski definition) is 3. The Bertz CT molecular complexity index is 174. The summed E-state index contributed by atoms with van der Waals surface area (Å²) in [4.78, 5) is 21.0. The lowest BCUT2D eigenvalue weighted by Gasteiger charge is -2.21. The second kappa shape index (κ2) is 3.94. The first-order valence-corrected chi connectivity index (χ1v) is 3.53. The van der Waals surface area contributed by atoms with Crippen LogP contribution in [0.25, 0.3) is 0 Å². The number of ether oxygens (including phenoxy) is 1. The van der Waals surface area contributed by atoms with E-state index in [2.05, 4.69) is 5.43 Å². The van der Waals surface area contributed by atoms with Crippen LogP contribution in [0.15, 0.2) is 0 Å². The molecule has 0 bridgehead atoms. The van der Waals surface area contributed by atoms with Crippen LogP contribution < -0.4 is 5.43 Å². The molecule has 0 aliphatic carbocycles. The fraction of sp³-hybridized carbons (Fsp3) is 0.714. The molecule has 5 nitrogen and oxygen atoms in total. The first-order chi connectivity index (χ1) is 5.35. The van der Waals surface area contributed by atoms with Crippen molar-refractivity contribution >= 4 is 12.5 Å². The van der Waals surface area contributed by atoms with Crippen LogP contribution in [0.3, 0.4) is 0 Å². The third kappa shape index (κ3) is 5.52. The molecule has 0 rings (SSSR count). The molecule has 12 heavy (non-hydrogen) atoms. The molecule has 0 aromatic rings. The van der Waals surface area contributed by atoms with Crippen molar-refractivity contribution in [2.75, 3.05) is 7.05 Å². The Hall–Kier alpha value is -1.26. The van der Waals surface area contributed by atoms with Gasteiger partial charge in [-0.15, -0.1) is 0 Å². The van der Waals surface area contributed by atoms with Crippen LogP contribution in [0.2, 0.25) is 0 Å². The Balaban J connectivity index is 3.82. The summed E-state index contributed by atoms with van der Waals surface area (Å²) >= 11 is 0. The van der Waals surface area contributed by atoms with Crippen molar-refractivity contribution in [3.8, 4) is 0 Å². The summed E-state index contributed by atoms with van der Waals surface area (Å²) in [7, 11) is 1.41. The number of nitrogens with zero attached hydrogens (tertiary/aromatic N) is 1. The summed E-state index contributed by atoms with van der Waals surface area (Å²) in [6, 6.07) is 0. The fourth-order valence-electron chi connectivity index (χ4n) is 0.471. The van der Waals surface area contributed by atoms with Crippen molar-refractivity contribution in [1.29, 1.82) is 0 Å². The number of carbonyl (C=O) groups is 2. The molecule has 0 aromatic carbocycles. The van der Waals surface area contributed by atoms with E-state index in [1.807, 2.05) is 0 Å². The lowest BCUT2D eigenvalue weighted by atomic mass is 10.2. The molecule has 1 N–H and O–H groups in total. The zero-order chi connectivity index (χ0) is 9.78. The van der Waals surface area contributed by atoms with Crippen molar-refractivity contribution in [2.45, 2.75) is 26.4 Å². The smallest absolute Gasteiger partial charge is 0.426 e. The first-order valence-electron chi connectivity index (χ1n) is 3.53. The maximum atomic E-state index is 10.9. The van der Waals surface area contributed by atoms with E-state index in [1.54, 1.807) is 20.8 Å². The SMILES string of the molecule is CN(C=O)NC(=O)OC(C)(C)C. The molecule has 0 saturated heterocycles. The van der Waals surface area contributed by atoms with E-state index in [0.717, 1.165) is 5.01 Å². The van der Waals surface area contributed by atoms with Gasteiger partial charge in [-0.2, -0.15) is 0 Å². The summed E-state index contributed by atoms with van der Waals surface area (Å²) in [5, 5.41) is 0.980. The van der Waals surface area contributed by atoms with Gasteiger partial charge in [-0.25, -0.2) is 10.2 Å². The zero-order valence-corrected chi connectivity index (χ0v) is 7.75. The molecule has 2 amide bonds. The second-order valence-corrected chi connectivity index (χ2v) is 3.33. The molecule has 0 spiro atoms. The summed E-state index contributed by atoms with van der Waals surface area (Å²) in [6.07, 6.45) is -0.165. The molecule has 0 atom stereocenters. The number of hydrazine groups is 1. The highest BCUT2D eigenvalue weighted by Gasteiger charge is 2.16. The summed E-state index contributed by atoms with van der Waals surface area (Å²) in [5.74, 6) is 0. The lowest BCUT2D eigenvalue weighted by Crippen LogP contribution is -2.41. The molecule has 0 fully saturated rings. The van der Waals surface area contributed by atoms with Gasteiger partial charge >= 0.3 is 6.09 Å². The van der Waals surface area contributed by atoms with Gasteiger partial charge in [0.1, 0.15) is 5.60 Å². The van der Waals surface area contributed by atoms with Crippen molar-refractivity contribution in [3.63, 3.8) is 0 Å². The van der Waals surface area contributed by atoms with Gasteiger partial charge in [0.05, 0.1) is 0 Å². The topological polar surface area (TPSA) is 58.6 Å².